The van der Waals surface area contributed by atoms with Crippen LogP contribution in [-0.2, 0) is 37.4 Å². The van der Waals surface area contributed by atoms with Crippen molar-refractivity contribution >= 4 is 26.9 Å². The lowest BCUT2D eigenvalue weighted by molar-refractivity contribution is -0.142. The van der Waals surface area contributed by atoms with Crippen molar-refractivity contribution in [1.29, 1.82) is 0 Å². The zero-order valence-corrected chi connectivity index (χ0v) is 17.3. The molecule has 2 heterocycles. The number of fused-ring (bicyclic) bond motifs is 2. The van der Waals surface area contributed by atoms with Gasteiger partial charge in [-0.15, -0.1) is 0 Å². The number of carbonyl (C=O) groups excluding carboxylic acids is 1. The predicted octanol–water partition coefficient (Wildman–Crippen LogP) is 2.89. The van der Waals surface area contributed by atoms with Crippen molar-refractivity contribution in [3.63, 3.8) is 0 Å². The summed E-state index contributed by atoms with van der Waals surface area (Å²) in [5.41, 5.74) is 2.15. The largest absolute Gasteiger partial charge is 0.469 e. The highest BCUT2D eigenvalue weighted by Gasteiger charge is 2.36. The van der Waals surface area contributed by atoms with Crippen molar-refractivity contribution in [2.45, 2.75) is 30.5 Å². The highest BCUT2D eigenvalue weighted by Crippen LogP contribution is 2.30. The first-order valence-corrected chi connectivity index (χ1v) is 11.0. The maximum absolute atomic E-state index is 13.8. The summed E-state index contributed by atoms with van der Waals surface area (Å²) < 4.78 is 39.6. The van der Waals surface area contributed by atoms with Crippen molar-refractivity contribution in [3.05, 3.63) is 71.9 Å². The molecule has 1 aliphatic heterocycles. The smallest absolute Gasteiger partial charge is 0.307 e. The summed E-state index contributed by atoms with van der Waals surface area (Å²) in [5, 5.41) is 0.729. The van der Waals surface area contributed by atoms with Crippen LogP contribution in [0.4, 0.5) is 0 Å². The van der Waals surface area contributed by atoms with E-state index in [-0.39, 0.29) is 24.5 Å². The van der Waals surface area contributed by atoms with Gasteiger partial charge in [0.1, 0.15) is 4.90 Å². The molecule has 0 amide bonds. The first kappa shape index (κ1) is 20.5. The van der Waals surface area contributed by atoms with Crippen molar-refractivity contribution in [3.8, 4) is 0 Å². The van der Waals surface area contributed by atoms with Crippen LogP contribution in [0, 0.1) is 0 Å². The van der Waals surface area contributed by atoms with Gasteiger partial charge in [0.05, 0.1) is 38.3 Å². The fraction of sp³-hybridized carbons (Fsp3) is 0.273. The lowest BCUT2D eigenvalue weighted by atomic mass is 10.1. The number of nitrogens with zero attached hydrogens (tertiary/aromatic N) is 2. The Morgan fingerprint density at radius 2 is 1.90 bits per heavy atom. The molecular formula is C22H22N2O5S. The number of pyridine rings is 1. The fourth-order valence-corrected chi connectivity index (χ4v) is 5.42. The Morgan fingerprint density at radius 1 is 1.13 bits per heavy atom. The number of esters is 1. The van der Waals surface area contributed by atoms with Crippen molar-refractivity contribution < 1.29 is 22.7 Å². The first-order chi connectivity index (χ1) is 14.5. The summed E-state index contributed by atoms with van der Waals surface area (Å²) in [7, 11) is -2.70. The van der Waals surface area contributed by atoms with Gasteiger partial charge in [-0.1, -0.05) is 42.5 Å². The summed E-state index contributed by atoms with van der Waals surface area (Å²) in [6, 6.07) is 15.5. The molecule has 30 heavy (non-hydrogen) atoms. The summed E-state index contributed by atoms with van der Waals surface area (Å²) in [6.07, 6.45) is 1.47. The summed E-state index contributed by atoms with van der Waals surface area (Å²) in [4.78, 5) is 16.4. The van der Waals surface area contributed by atoms with E-state index in [0.717, 1.165) is 16.5 Å². The molecule has 0 fully saturated rings. The van der Waals surface area contributed by atoms with E-state index in [1.807, 2.05) is 36.4 Å². The fourth-order valence-electron chi connectivity index (χ4n) is 3.67. The van der Waals surface area contributed by atoms with Gasteiger partial charge in [0, 0.05) is 18.1 Å². The van der Waals surface area contributed by atoms with Gasteiger partial charge >= 0.3 is 5.97 Å². The quantitative estimate of drug-likeness (QED) is 0.597. The summed E-state index contributed by atoms with van der Waals surface area (Å²) >= 11 is 0. The number of benzene rings is 2. The topological polar surface area (TPSA) is 85.8 Å². The number of sulfonamides is 1. The van der Waals surface area contributed by atoms with Crippen LogP contribution in [0.2, 0.25) is 0 Å². The number of hydrogen-bond acceptors (Lipinski definition) is 6. The second kappa shape index (κ2) is 8.51. The number of rotatable bonds is 4. The third-order valence-corrected chi connectivity index (χ3v) is 7.16. The van der Waals surface area contributed by atoms with Crippen LogP contribution in [-0.4, -0.2) is 43.4 Å². The Labute approximate surface area is 175 Å². The molecule has 0 aliphatic carbocycles. The first-order valence-electron chi connectivity index (χ1n) is 9.57. The van der Waals surface area contributed by atoms with Gasteiger partial charge in [-0.3, -0.25) is 9.78 Å². The third kappa shape index (κ3) is 3.94. The molecule has 1 atom stereocenters. The van der Waals surface area contributed by atoms with E-state index in [0.29, 0.717) is 12.1 Å². The van der Waals surface area contributed by atoms with Crippen molar-refractivity contribution in [2.24, 2.45) is 0 Å². The monoisotopic (exact) mass is 426 g/mol. The highest BCUT2D eigenvalue weighted by molar-refractivity contribution is 7.89. The van der Waals surface area contributed by atoms with E-state index in [1.54, 1.807) is 24.4 Å². The van der Waals surface area contributed by atoms with Crippen LogP contribution < -0.4 is 0 Å². The van der Waals surface area contributed by atoms with E-state index < -0.39 is 22.0 Å². The van der Waals surface area contributed by atoms with Crippen LogP contribution >= 0.6 is 0 Å². The number of para-hydroxylation sites is 1. The Kier molecular flexibility index (Phi) is 5.80. The second-order valence-electron chi connectivity index (χ2n) is 7.10. The lowest BCUT2D eigenvalue weighted by Crippen LogP contribution is -2.45. The molecule has 0 N–H and O–H groups in total. The van der Waals surface area contributed by atoms with E-state index in [2.05, 4.69) is 4.98 Å². The molecule has 1 aliphatic rings. The molecule has 4 rings (SSSR count). The average Bonchev–Trinajstić information content (AvgIpc) is 2.75. The van der Waals surface area contributed by atoms with Crippen LogP contribution in [0.5, 0.6) is 0 Å². The molecule has 3 aromatic rings. The Balaban J connectivity index is 1.84. The molecule has 156 valence electrons. The number of ether oxygens (including phenoxy) is 2. The molecule has 8 heteroatoms. The minimum atomic E-state index is -3.99. The average molecular weight is 426 g/mol. The molecule has 0 saturated carbocycles. The molecule has 2 aromatic carbocycles. The zero-order valence-electron chi connectivity index (χ0n) is 16.5. The Morgan fingerprint density at radius 3 is 2.70 bits per heavy atom. The lowest BCUT2D eigenvalue weighted by Gasteiger charge is -2.33. The number of carbonyl (C=O) groups is 1. The number of hydrogen-bond donors (Lipinski definition) is 0. The van der Waals surface area contributed by atoms with Gasteiger partial charge in [0.2, 0.25) is 10.0 Å². The molecular weight excluding hydrogens is 404 g/mol. The van der Waals surface area contributed by atoms with Crippen LogP contribution in [0.25, 0.3) is 10.9 Å². The summed E-state index contributed by atoms with van der Waals surface area (Å²) in [6.45, 7) is 0.575. The van der Waals surface area contributed by atoms with Crippen molar-refractivity contribution in [2.75, 3.05) is 13.7 Å². The normalized spacial score (nSPS) is 17.7. The van der Waals surface area contributed by atoms with Crippen LogP contribution in [0.1, 0.15) is 17.5 Å². The molecule has 0 radical (unpaired) electrons. The Hall–Kier alpha value is -2.81. The van der Waals surface area contributed by atoms with Gasteiger partial charge in [0.25, 0.3) is 0 Å². The minimum Gasteiger partial charge on any atom is -0.469 e. The molecule has 0 saturated heterocycles. The summed E-state index contributed by atoms with van der Waals surface area (Å²) in [5.74, 6) is -0.492. The molecule has 7 nitrogen and oxygen atoms in total. The van der Waals surface area contributed by atoms with Gasteiger partial charge in [-0.25, -0.2) is 8.42 Å². The number of aromatic nitrogens is 1. The molecule has 0 spiro atoms. The Bertz CT molecular complexity index is 1170. The van der Waals surface area contributed by atoms with E-state index in [9.17, 15) is 13.2 Å². The predicted molar refractivity (Wildman–Crippen MR) is 111 cm³/mol. The van der Waals surface area contributed by atoms with Crippen LogP contribution in [0.3, 0.4) is 0 Å². The molecule has 1 aromatic heterocycles. The molecule has 0 bridgehead atoms. The molecule has 1 unspecified atom stereocenters. The minimum absolute atomic E-state index is 0.0842. The number of methoxy groups -OCH3 is 1. The van der Waals surface area contributed by atoms with E-state index in [1.165, 1.54) is 11.4 Å². The van der Waals surface area contributed by atoms with Gasteiger partial charge in [-0.2, -0.15) is 4.31 Å². The van der Waals surface area contributed by atoms with E-state index in [4.69, 9.17) is 9.47 Å². The maximum atomic E-state index is 13.8. The van der Waals surface area contributed by atoms with Crippen LogP contribution in [0.15, 0.2) is 65.7 Å². The highest BCUT2D eigenvalue weighted by atomic mass is 32.2. The SMILES string of the molecule is COC(=O)CC1COCc2ccccc2CN1S(=O)(=O)c1cccc2cccnc12. The van der Waals surface area contributed by atoms with E-state index >= 15 is 0 Å². The third-order valence-electron chi connectivity index (χ3n) is 5.23. The standard InChI is InChI=1S/C22H22N2O5S/c1-28-21(25)12-19-15-29-14-18-7-3-2-6-17(18)13-24(19)30(26,27)20-10-4-8-16-9-5-11-23-22(16)20/h2-11,19H,12-15H2,1H3. The zero-order chi connectivity index (χ0) is 21.1. The maximum Gasteiger partial charge on any atom is 0.307 e. The second-order valence-corrected chi connectivity index (χ2v) is 8.96. The van der Waals surface area contributed by atoms with Gasteiger partial charge in [0.15, 0.2) is 0 Å². The van der Waals surface area contributed by atoms with Gasteiger partial charge in [-0.05, 0) is 23.3 Å². The van der Waals surface area contributed by atoms with Crippen molar-refractivity contribution in [1.82, 2.24) is 9.29 Å². The van der Waals surface area contributed by atoms with Gasteiger partial charge < -0.3 is 9.47 Å².